The Balaban J connectivity index is 2.71. The van der Waals surface area contributed by atoms with Crippen LogP contribution in [0.3, 0.4) is 0 Å². The van der Waals surface area contributed by atoms with Gasteiger partial charge >= 0.3 is 0 Å². The molecule has 0 radical (unpaired) electrons. The molecular weight excluding hydrogens is 192 g/mol. The van der Waals surface area contributed by atoms with Crippen LogP contribution in [0.1, 0.15) is 54.4 Å². The fraction of sp³-hybridized carbons (Fsp3) is 0.625. The van der Waals surface area contributed by atoms with Crippen molar-refractivity contribution in [2.45, 2.75) is 54.4 Å². The Hall–Kier alpha value is -0.780. The van der Waals surface area contributed by atoms with E-state index in [1.807, 2.05) is 0 Å². The Kier molecular flexibility index (Phi) is 2.45. The van der Waals surface area contributed by atoms with Gasteiger partial charge in [-0.15, -0.1) is 0 Å². The van der Waals surface area contributed by atoms with Crippen LogP contribution in [0.4, 0.5) is 0 Å². The average molecular weight is 216 g/mol. The predicted molar refractivity (Wildman–Crippen MR) is 71.3 cm³/mol. The summed E-state index contributed by atoms with van der Waals surface area (Å²) in [5, 5.41) is 0. The molecule has 0 amide bonds. The quantitative estimate of drug-likeness (QED) is 0.532. The molecule has 0 N–H and O–H groups in total. The van der Waals surface area contributed by atoms with Crippen molar-refractivity contribution in [3.05, 3.63) is 34.4 Å². The Morgan fingerprint density at radius 3 is 2.06 bits per heavy atom. The van der Waals surface area contributed by atoms with Crippen molar-refractivity contribution in [1.82, 2.24) is 0 Å². The molecule has 0 aromatic carbocycles. The van der Waals surface area contributed by atoms with E-state index in [-0.39, 0.29) is 10.8 Å². The van der Waals surface area contributed by atoms with Crippen LogP contribution in [0.5, 0.6) is 0 Å². The van der Waals surface area contributed by atoms with E-state index in [2.05, 4.69) is 53.7 Å². The lowest BCUT2D eigenvalue weighted by molar-refractivity contribution is 0.192. The first-order valence-corrected chi connectivity index (χ1v) is 6.39. The highest BCUT2D eigenvalue weighted by molar-refractivity contribution is 5.57. The maximum atomic E-state index is 2.47. The van der Waals surface area contributed by atoms with E-state index in [4.69, 9.17) is 0 Å². The van der Waals surface area contributed by atoms with E-state index in [0.717, 1.165) is 0 Å². The second-order valence-electron chi connectivity index (χ2n) is 6.31. The van der Waals surface area contributed by atoms with E-state index in [0.29, 0.717) is 0 Å². The van der Waals surface area contributed by atoms with Gasteiger partial charge in [0.15, 0.2) is 0 Å². The van der Waals surface area contributed by atoms with E-state index in [9.17, 15) is 0 Å². The normalized spacial score (nSPS) is 27.1. The predicted octanol–water partition coefficient (Wildman–Crippen LogP) is 5.04. The summed E-state index contributed by atoms with van der Waals surface area (Å²) < 4.78 is 0. The zero-order chi connectivity index (χ0) is 12.1. The third-order valence-electron chi connectivity index (χ3n) is 5.29. The highest BCUT2D eigenvalue weighted by Crippen LogP contribution is 2.57. The first-order chi connectivity index (χ1) is 7.30. The summed E-state index contributed by atoms with van der Waals surface area (Å²) >= 11 is 0. The van der Waals surface area contributed by atoms with Crippen molar-refractivity contribution < 1.29 is 0 Å². The fourth-order valence-corrected chi connectivity index (χ4v) is 3.10. The van der Waals surface area contributed by atoms with Crippen LogP contribution in [-0.2, 0) is 0 Å². The van der Waals surface area contributed by atoms with Gasteiger partial charge in [-0.05, 0) is 54.2 Å². The molecule has 0 aliphatic heterocycles. The molecule has 0 atom stereocenters. The molecule has 2 rings (SSSR count). The minimum Gasteiger partial charge on any atom is -0.0798 e. The molecule has 0 spiro atoms. The number of allylic oxidation sites excluding steroid dienone is 6. The summed E-state index contributed by atoms with van der Waals surface area (Å²) in [6.45, 7) is 14.2. The van der Waals surface area contributed by atoms with Crippen LogP contribution in [-0.4, -0.2) is 0 Å². The summed E-state index contributed by atoms with van der Waals surface area (Å²) in [6.07, 6.45) is 7.32. The van der Waals surface area contributed by atoms with Crippen LogP contribution in [0.15, 0.2) is 34.4 Å². The van der Waals surface area contributed by atoms with Gasteiger partial charge in [0.2, 0.25) is 0 Å². The van der Waals surface area contributed by atoms with Gasteiger partial charge in [-0.1, -0.05) is 45.4 Å². The van der Waals surface area contributed by atoms with Gasteiger partial charge < -0.3 is 0 Å². The second-order valence-corrected chi connectivity index (χ2v) is 6.31. The average Bonchev–Trinajstić information content (AvgIpc) is 2.25. The molecule has 0 saturated heterocycles. The molecule has 0 bridgehead atoms. The third-order valence-corrected chi connectivity index (χ3v) is 5.29. The highest BCUT2D eigenvalue weighted by atomic mass is 14.5. The van der Waals surface area contributed by atoms with Gasteiger partial charge in [-0.2, -0.15) is 0 Å². The van der Waals surface area contributed by atoms with Crippen molar-refractivity contribution in [2.24, 2.45) is 10.8 Å². The minimum absolute atomic E-state index is 0.253. The van der Waals surface area contributed by atoms with Gasteiger partial charge in [0, 0.05) is 0 Å². The lowest BCUT2D eigenvalue weighted by Crippen LogP contribution is -2.40. The highest BCUT2D eigenvalue weighted by Gasteiger charge is 2.46. The van der Waals surface area contributed by atoms with Crippen molar-refractivity contribution in [1.29, 1.82) is 0 Å². The van der Waals surface area contributed by atoms with Gasteiger partial charge in [0.05, 0.1) is 0 Å². The molecule has 0 unspecified atom stereocenters. The third kappa shape index (κ3) is 1.28. The Labute approximate surface area is 100 Å². The van der Waals surface area contributed by atoms with Crippen LogP contribution < -0.4 is 0 Å². The summed E-state index contributed by atoms with van der Waals surface area (Å²) in [4.78, 5) is 0. The number of rotatable bonds is 0. The van der Waals surface area contributed by atoms with Gasteiger partial charge in [0.1, 0.15) is 0 Å². The van der Waals surface area contributed by atoms with Crippen LogP contribution in [0, 0.1) is 10.8 Å². The van der Waals surface area contributed by atoms with Crippen molar-refractivity contribution >= 4 is 0 Å². The second kappa shape index (κ2) is 3.35. The Bertz CT molecular complexity index is 411. The molecule has 0 fully saturated rings. The van der Waals surface area contributed by atoms with Crippen molar-refractivity contribution in [3.63, 3.8) is 0 Å². The molecule has 88 valence electrons. The summed E-state index contributed by atoms with van der Waals surface area (Å²) in [5.41, 5.74) is 6.68. The summed E-state index contributed by atoms with van der Waals surface area (Å²) in [5.74, 6) is 0. The van der Waals surface area contributed by atoms with Crippen LogP contribution in [0.2, 0.25) is 0 Å². The molecule has 0 saturated carbocycles. The lowest BCUT2D eigenvalue weighted by Gasteiger charge is -2.50. The first kappa shape index (κ1) is 11.7. The standard InChI is InChI=1S/C16H24/c1-11-12(2)15(3,4)16(5,6)14-10-8-7-9-13(11)14/h9-10H,7-8H2,1-6H3. The maximum absolute atomic E-state index is 2.47. The van der Waals surface area contributed by atoms with Crippen molar-refractivity contribution in [2.75, 3.05) is 0 Å². The zero-order valence-corrected chi connectivity index (χ0v) is 11.6. The SMILES string of the molecule is CC1=C(C)C(C)(C)C(C)(C)C2=CCCC=C21. The largest absolute Gasteiger partial charge is 0.0798 e. The summed E-state index contributed by atoms with van der Waals surface area (Å²) in [7, 11) is 0. The van der Waals surface area contributed by atoms with Gasteiger partial charge in [0.25, 0.3) is 0 Å². The molecule has 0 heterocycles. The molecular formula is C16H24. The maximum Gasteiger partial charge on any atom is -0.00124 e. The van der Waals surface area contributed by atoms with Crippen molar-refractivity contribution in [3.8, 4) is 0 Å². The lowest BCUT2D eigenvalue weighted by atomic mass is 9.53. The topological polar surface area (TPSA) is 0 Å². The molecule has 2 aliphatic rings. The molecule has 0 heteroatoms. The van der Waals surface area contributed by atoms with Gasteiger partial charge in [-0.3, -0.25) is 0 Å². The molecule has 16 heavy (non-hydrogen) atoms. The minimum atomic E-state index is 0.253. The Morgan fingerprint density at radius 2 is 1.44 bits per heavy atom. The van der Waals surface area contributed by atoms with Crippen LogP contribution >= 0.6 is 0 Å². The van der Waals surface area contributed by atoms with Crippen LogP contribution in [0.25, 0.3) is 0 Å². The molecule has 0 nitrogen and oxygen atoms in total. The van der Waals surface area contributed by atoms with E-state index >= 15 is 0 Å². The molecule has 0 aromatic heterocycles. The van der Waals surface area contributed by atoms with E-state index in [1.54, 1.807) is 11.1 Å². The summed E-state index contributed by atoms with van der Waals surface area (Å²) in [6, 6.07) is 0. The van der Waals surface area contributed by atoms with E-state index in [1.165, 1.54) is 24.0 Å². The van der Waals surface area contributed by atoms with Gasteiger partial charge in [-0.25, -0.2) is 0 Å². The monoisotopic (exact) mass is 216 g/mol. The number of fused-ring (bicyclic) bond motifs is 1. The smallest absolute Gasteiger partial charge is 0.00124 e. The molecule has 0 aromatic rings. The first-order valence-electron chi connectivity index (χ1n) is 6.39. The zero-order valence-electron chi connectivity index (χ0n) is 11.6. The number of hydrogen-bond donors (Lipinski definition) is 0. The number of hydrogen-bond acceptors (Lipinski definition) is 0. The molecule has 2 aliphatic carbocycles. The Morgan fingerprint density at radius 1 is 0.875 bits per heavy atom. The van der Waals surface area contributed by atoms with E-state index < -0.39 is 0 Å². The fourth-order valence-electron chi connectivity index (χ4n) is 3.10.